The Morgan fingerprint density at radius 2 is 1.12 bits per heavy atom. The number of aromatic nitrogens is 3. The van der Waals surface area contributed by atoms with Crippen LogP contribution < -0.4 is 4.90 Å². The van der Waals surface area contributed by atoms with E-state index in [4.69, 9.17) is 4.98 Å². The summed E-state index contributed by atoms with van der Waals surface area (Å²) in [6.45, 7) is 18.0. The fourth-order valence-electron chi connectivity index (χ4n) is 8.65. The Hall–Kier alpha value is -5.91. The molecule has 288 valence electrons. The van der Waals surface area contributed by atoms with Crippen molar-refractivity contribution in [1.29, 1.82) is 0 Å². The van der Waals surface area contributed by atoms with Crippen molar-refractivity contribution < 1.29 is 0 Å². The predicted molar refractivity (Wildman–Crippen MR) is 250 cm³/mol. The summed E-state index contributed by atoms with van der Waals surface area (Å²) in [6, 6.07) is 55.1. The van der Waals surface area contributed by atoms with Gasteiger partial charge in [-0.2, -0.15) is 0 Å². The molecule has 9 aromatic rings. The average molecular weight is 822 g/mol. The molecule has 0 amide bonds. The molecule has 0 fully saturated rings. The number of hydrogen-bond donors (Lipinski definition) is 0. The third-order valence-corrected chi connectivity index (χ3v) is 12.4. The van der Waals surface area contributed by atoms with Gasteiger partial charge in [-0.3, -0.25) is 4.57 Å². The van der Waals surface area contributed by atoms with E-state index < -0.39 is 0 Å². The van der Waals surface area contributed by atoms with E-state index in [2.05, 4.69) is 237 Å². The van der Waals surface area contributed by atoms with E-state index >= 15 is 0 Å². The Kier molecular flexibility index (Phi) is 9.20. The zero-order chi connectivity index (χ0) is 40.5. The van der Waals surface area contributed by atoms with E-state index in [0.29, 0.717) is 0 Å². The van der Waals surface area contributed by atoms with Crippen LogP contribution in [0.2, 0.25) is 0 Å². The molecular weight excluding hydrogens is 773 g/mol. The molecule has 0 aliphatic heterocycles. The molecule has 0 bridgehead atoms. The van der Waals surface area contributed by atoms with Gasteiger partial charge in [0.25, 0.3) is 0 Å². The summed E-state index contributed by atoms with van der Waals surface area (Å²) in [7, 11) is 0. The molecule has 2 heterocycles. The van der Waals surface area contributed by atoms with E-state index in [1.54, 1.807) is 0 Å². The Morgan fingerprint density at radius 3 is 1.76 bits per heavy atom. The number of aryl methyl sites for hydroxylation is 2. The number of rotatable bonds is 6. The molecule has 0 unspecified atom stereocenters. The quantitative estimate of drug-likeness (QED) is 0.167. The lowest BCUT2D eigenvalue weighted by Gasteiger charge is -2.29. The number of fused-ring (bicyclic) bond motifs is 4. The van der Waals surface area contributed by atoms with Crippen LogP contribution in [0, 0.1) is 13.8 Å². The summed E-state index contributed by atoms with van der Waals surface area (Å²) in [6.07, 6.45) is 0. The second kappa shape index (κ2) is 14.2. The van der Waals surface area contributed by atoms with Crippen LogP contribution in [0.25, 0.3) is 55.6 Å². The Balaban J connectivity index is 1.30. The predicted octanol–water partition coefficient (Wildman–Crippen LogP) is 15.2. The largest absolute Gasteiger partial charge is 0.309 e. The van der Waals surface area contributed by atoms with Gasteiger partial charge in [-0.1, -0.05) is 133 Å². The summed E-state index contributed by atoms with van der Waals surface area (Å²) in [5.41, 5.74) is 15.8. The number of hydrogen-bond acceptors (Lipinski definition) is 2. The van der Waals surface area contributed by atoms with Crippen molar-refractivity contribution >= 4 is 65.8 Å². The molecule has 0 radical (unpaired) electrons. The van der Waals surface area contributed by atoms with Crippen molar-refractivity contribution in [2.24, 2.45) is 0 Å². The van der Waals surface area contributed by atoms with Crippen LogP contribution in [0.4, 0.5) is 17.1 Å². The zero-order valence-electron chi connectivity index (χ0n) is 34.6. The van der Waals surface area contributed by atoms with Crippen molar-refractivity contribution in [3.63, 3.8) is 0 Å². The number of halogens is 1. The Bertz CT molecular complexity index is 2930. The summed E-state index contributed by atoms with van der Waals surface area (Å²) in [5.74, 6) is 0.939. The van der Waals surface area contributed by atoms with Gasteiger partial charge in [0, 0.05) is 33.4 Å². The molecule has 0 saturated carbocycles. The Morgan fingerprint density at radius 1 is 0.534 bits per heavy atom. The van der Waals surface area contributed by atoms with Crippen LogP contribution in [0.15, 0.2) is 156 Å². The molecular formula is C53H49BrN4. The zero-order valence-corrected chi connectivity index (χ0v) is 36.2. The van der Waals surface area contributed by atoms with Gasteiger partial charge in [0.1, 0.15) is 5.82 Å². The van der Waals surface area contributed by atoms with Gasteiger partial charge in [-0.05, 0) is 124 Å². The van der Waals surface area contributed by atoms with Gasteiger partial charge in [0.2, 0.25) is 0 Å². The third kappa shape index (κ3) is 6.33. The van der Waals surface area contributed by atoms with Gasteiger partial charge in [-0.15, -0.1) is 0 Å². The molecule has 0 spiro atoms. The summed E-state index contributed by atoms with van der Waals surface area (Å²) < 4.78 is 5.73. The number of imidazole rings is 1. The van der Waals surface area contributed by atoms with Crippen LogP contribution in [0.5, 0.6) is 0 Å². The lowest BCUT2D eigenvalue weighted by Crippen LogP contribution is -2.14. The second-order valence-corrected chi connectivity index (χ2v) is 18.4. The van der Waals surface area contributed by atoms with E-state index in [-0.39, 0.29) is 10.8 Å². The lowest BCUT2D eigenvalue weighted by atomic mass is 9.86. The molecule has 0 saturated heterocycles. The lowest BCUT2D eigenvalue weighted by molar-refractivity contribution is 0.590. The normalized spacial score (nSPS) is 12.2. The van der Waals surface area contributed by atoms with Crippen molar-refractivity contribution in [3.05, 3.63) is 178 Å². The van der Waals surface area contributed by atoms with Crippen molar-refractivity contribution in [3.8, 4) is 22.8 Å². The van der Waals surface area contributed by atoms with Crippen LogP contribution in [0.3, 0.4) is 0 Å². The maximum atomic E-state index is 5.53. The van der Waals surface area contributed by atoms with Gasteiger partial charge in [0.05, 0.1) is 37.9 Å². The molecule has 0 aliphatic carbocycles. The fraction of sp³-hybridized carbons (Fsp3) is 0.189. The molecule has 0 N–H and O–H groups in total. The van der Waals surface area contributed by atoms with Gasteiger partial charge < -0.3 is 9.47 Å². The number of anilines is 3. The molecule has 7 aromatic carbocycles. The molecule has 58 heavy (non-hydrogen) atoms. The maximum absolute atomic E-state index is 5.53. The van der Waals surface area contributed by atoms with Crippen molar-refractivity contribution in [2.75, 3.05) is 4.90 Å². The van der Waals surface area contributed by atoms with E-state index in [1.165, 1.54) is 44.1 Å². The van der Waals surface area contributed by atoms with Crippen LogP contribution >= 0.6 is 15.9 Å². The first-order valence-electron chi connectivity index (χ1n) is 20.2. The second-order valence-electron chi connectivity index (χ2n) is 17.6. The van der Waals surface area contributed by atoms with Crippen LogP contribution in [-0.2, 0) is 10.8 Å². The first kappa shape index (κ1) is 37.7. The number of benzene rings is 7. The van der Waals surface area contributed by atoms with E-state index in [1.807, 2.05) is 0 Å². The van der Waals surface area contributed by atoms with Crippen LogP contribution in [0.1, 0.15) is 63.8 Å². The van der Waals surface area contributed by atoms with Crippen molar-refractivity contribution in [1.82, 2.24) is 14.1 Å². The van der Waals surface area contributed by atoms with Gasteiger partial charge in [-0.25, -0.2) is 4.98 Å². The number of nitrogens with zero attached hydrogens (tertiary/aromatic N) is 4. The molecule has 0 aliphatic rings. The number of para-hydroxylation sites is 3. The highest BCUT2D eigenvalue weighted by Gasteiger charge is 2.27. The highest BCUT2D eigenvalue weighted by Crippen LogP contribution is 2.45. The third-order valence-electron chi connectivity index (χ3n) is 11.6. The highest BCUT2D eigenvalue weighted by atomic mass is 79.9. The van der Waals surface area contributed by atoms with Gasteiger partial charge >= 0.3 is 0 Å². The first-order valence-corrected chi connectivity index (χ1v) is 21.0. The minimum absolute atomic E-state index is 0.0266. The van der Waals surface area contributed by atoms with Crippen molar-refractivity contribution in [2.45, 2.75) is 66.2 Å². The molecule has 0 atom stereocenters. The molecule has 2 aromatic heterocycles. The minimum atomic E-state index is -0.0901. The molecule has 4 nitrogen and oxygen atoms in total. The topological polar surface area (TPSA) is 26.0 Å². The minimum Gasteiger partial charge on any atom is -0.309 e. The average Bonchev–Trinajstić information content (AvgIpc) is 3.74. The molecule has 9 rings (SSSR count). The highest BCUT2D eigenvalue weighted by molar-refractivity contribution is 9.10. The maximum Gasteiger partial charge on any atom is 0.146 e. The van der Waals surface area contributed by atoms with Crippen LogP contribution in [-0.4, -0.2) is 14.1 Å². The summed E-state index contributed by atoms with van der Waals surface area (Å²) in [4.78, 5) is 7.91. The monoisotopic (exact) mass is 820 g/mol. The summed E-state index contributed by atoms with van der Waals surface area (Å²) in [5, 5.41) is 2.49. The SMILES string of the molecule is Cc1cccc(C)c1-c1nc2c(C(C)(C)C)cccc2n1-c1cccc(N(c2ccc(C(C)(C)C)cc2)c2cccc(-n3c4ccccc4c4ccccc43)c2)c1Br. The fourth-order valence-corrected chi connectivity index (χ4v) is 9.27. The first-order chi connectivity index (χ1) is 27.8. The smallest absolute Gasteiger partial charge is 0.146 e. The van der Waals surface area contributed by atoms with E-state index in [0.717, 1.165) is 55.3 Å². The van der Waals surface area contributed by atoms with Gasteiger partial charge in [0.15, 0.2) is 0 Å². The van der Waals surface area contributed by atoms with E-state index in [9.17, 15) is 0 Å². The standard InChI is InChI=1S/C53H49BrN4/c1-34-17-13-18-35(2)48(34)51-55-50-42(53(6,7)8)23-15-28-47(50)58(51)46-27-16-26-45(49(46)54)56(37-31-29-36(30-32-37)52(3,4)5)38-19-14-20-39(33-38)57-43-24-11-9-21-40(43)41-22-10-12-25-44(41)57/h9-33H,1-8H3. The summed E-state index contributed by atoms with van der Waals surface area (Å²) >= 11 is 4.26. The molecule has 5 heteroatoms. The Labute approximate surface area is 350 Å².